The highest BCUT2D eigenvalue weighted by Gasteiger charge is 2.53. The van der Waals surface area contributed by atoms with Crippen LogP contribution in [0.15, 0.2) is 0 Å². The second-order valence-electron chi connectivity index (χ2n) is 6.41. The van der Waals surface area contributed by atoms with Crippen LogP contribution in [0.1, 0.15) is 47.5 Å². The molecule has 4 nitrogen and oxygen atoms in total. The average molecular weight is 279 g/mol. The summed E-state index contributed by atoms with van der Waals surface area (Å²) in [7, 11) is 0. The van der Waals surface area contributed by atoms with Crippen LogP contribution >= 0.6 is 11.6 Å². The topological polar surface area (TPSA) is 55.8 Å². The molecule has 0 aromatic rings. The molecule has 0 amide bonds. The number of ether oxygens (including phenoxy) is 2. The third-order valence-electron chi connectivity index (χ3n) is 3.42. The largest absolute Gasteiger partial charge is 0.481 e. The number of hydrogen-bond donors (Lipinski definition) is 1. The Kier molecular flexibility index (Phi) is 4.36. The fourth-order valence-corrected chi connectivity index (χ4v) is 2.68. The van der Waals surface area contributed by atoms with Crippen molar-refractivity contribution in [3.05, 3.63) is 0 Å². The Hall–Kier alpha value is -0.320. The summed E-state index contributed by atoms with van der Waals surface area (Å²) in [6.07, 6.45) is 0.265. The third-order valence-corrected chi connectivity index (χ3v) is 3.77. The Morgan fingerprint density at radius 3 is 2.39 bits per heavy atom. The summed E-state index contributed by atoms with van der Waals surface area (Å²) in [6, 6.07) is 0. The van der Waals surface area contributed by atoms with Crippen LogP contribution in [0, 0.1) is 5.41 Å². The van der Waals surface area contributed by atoms with Gasteiger partial charge in [0.15, 0.2) is 5.79 Å². The molecular formula is C13H23ClO4. The SMILES string of the molecule is CC1(C)O[C@H](CCl)C[C@@](CC(=O)O)(C(C)(C)C)O1. The van der Waals surface area contributed by atoms with Crippen LogP contribution in [0.25, 0.3) is 0 Å². The van der Waals surface area contributed by atoms with Crippen molar-refractivity contribution in [3.8, 4) is 0 Å². The minimum Gasteiger partial charge on any atom is -0.481 e. The monoisotopic (exact) mass is 278 g/mol. The minimum atomic E-state index is -0.865. The van der Waals surface area contributed by atoms with Crippen LogP contribution in [0.3, 0.4) is 0 Å². The van der Waals surface area contributed by atoms with Gasteiger partial charge in [-0.1, -0.05) is 20.8 Å². The number of rotatable bonds is 3. The van der Waals surface area contributed by atoms with E-state index in [1.54, 1.807) is 13.8 Å². The molecule has 0 aromatic carbocycles. The maximum atomic E-state index is 11.2. The van der Waals surface area contributed by atoms with Crippen LogP contribution < -0.4 is 0 Å². The van der Waals surface area contributed by atoms with E-state index in [4.69, 9.17) is 26.2 Å². The highest BCUT2D eigenvalue weighted by atomic mass is 35.5. The summed E-state index contributed by atoms with van der Waals surface area (Å²) >= 11 is 5.89. The van der Waals surface area contributed by atoms with Crippen molar-refractivity contribution in [3.63, 3.8) is 0 Å². The number of carboxylic acid groups (broad SMARTS) is 1. The highest BCUT2D eigenvalue weighted by molar-refractivity contribution is 6.18. The van der Waals surface area contributed by atoms with Gasteiger partial charge >= 0.3 is 5.97 Å². The van der Waals surface area contributed by atoms with E-state index in [-0.39, 0.29) is 17.9 Å². The molecule has 1 heterocycles. The zero-order valence-electron chi connectivity index (χ0n) is 11.7. The molecule has 1 aliphatic rings. The van der Waals surface area contributed by atoms with Crippen LogP contribution in [0.2, 0.25) is 0 Å². The van der Waals surface area contributed by atoms with Crippen LogP contribution in [-0.4, -0.2) is 34.4 Å². The van der Waals surface area contributed by atoms with Crippen molar-refractivity contribution in [2.24, 2.45) is 5.41 Å². The number of aliphatic carboxylic acids is 1. The summed E-state index contributed by atoms with van der Waals surface area (Å²) in [6.45, 7) is 9.57. The van der Waals surface area contributed by atoms with Gasteiger partial charge in [-0.05, 0) is 19.3 Å². The average Bonchev–Trinajstić information content (AvgIpc) is 2.11. The fourth-order valence-electron chi connectivity index (χ4n) is 2.51. The van der Waals surface area contributed by atoms with Gasteiger partial charge in [0.25, 0.3) is 0 Å². The number of halogens is 1. The summed E-state index contributed by atoms with van der Waals surface area (Å²) in [5.41, 5.74) is -1.07. The van der Waals surface area contributed by atoms with E-state index in [0.717, 1.165) is 0 Å². The maximum Gasteiger partial charge on any atom is 0.306 e. The van der Waals surface area contributed by atoms with Crippen molar-refractivity contribution >= 4 is 17.6 Å². The molecule has 18 heavy (non-hydrogen) atoms. The second kappa shape index (κ2) is 4.99. The third kappa shape index (κ3) is 3.37. The van der Waals surface area contributed by atoms with Crippen LogP contribution in [-0.2, 0) is 14.3 Å². The van der Waals surface area contributed by atoms with Crippen molar-refractivity contribution in [1.29, 1.82) is 0 Å². The molecule has 0 unspecified atom stereocenters. The van der Waals surface area contributed by atoms with E-state index in [1.807, 2.05) is 20.8 Å². The van der Waals surface area contributed by atoms with Gasteiger partial charge < -0.3 is 14.6 Å². The molecule has 106 valence electrons. The van der Waals surface area contributed by atoms with Crippen molar-refractivity contribution in [2.75, 3.05) is 5.88 Å². The maximum absolute atomic E-state index is 11.2. The minimum absolute atomic E-state index is 0.0450. The highest BCUT2D eigenvalue weighted by Crippen LogP contribution is 2.47. The van der Waals surface area contributed by atoms with Gasteiger partial charge in [-0.15, -0.1) is 11.6 Å². The van der Waals surface area contributed by atoms with Crippen LogP contribution in [0.4, 0.5) is 0 Å². The van der Waals surface area contributed by atoms with E-state index in [2.05, 4.69) is 0 Å². The molecule has 5 heteroatoms. The van der Waals surface area contributed by atoms with Gasteiger partial charge in [0.05, 0.1) is 18.1 Å². The fraction of sp³-hybridized carbons (Fsp3) is 0.923. The molecule has 0 aromatic heterocycles. The second-order valence-corrected chi connectivity index (χ2v) is 6.72. The normalized spacial score (nSPS) is 32.2. The zero-order chi connectivity index (χ0) is 14.2. The first-order valence-electron chi connectivity index (χ1n) is 6.17. The first kappa shape index (κ1) is 15.7. The Labute approximate surface area is 114 Å². The van der Waals surface area contributed by atoms with Crippen LogP contribution in [0.5, 0.6) is 0 Å². The van der Waals surface area contributed by atoms with Crippen molar-refractivity contribution in [1.82, 2.24) is 0 Å². The van der Waals surface area contributed by atoms with Gasteiger partial charge in [-0.2, -0.15) is 0 Å². The number of carboxylic acids is 1. The Balaban J connectivity index is 3.12. The molecule has 0 spiro atoms. The van der Waals surface area contributed by atoms with E-state index < -0.39 is 17.4 Å². The van der Waals surface area contributed by atoms with E-state index in [0.29, 0.717) is 12.3 Å². The van der Waals surface area contributed by atoms with Gasteiger partial charge in [0, 0.05) is 12.3 Å². The molecule has 0 bridgehead atoms. The predicted octanol–water partition coefficient (Wildman–Crippen LogP) is 3.03. The van der Waals surface area contributed by atoms with Gasteiger partial charge in [0.2, 0.25) is 0 Å². The Morgan fingerprint density at radius 1 is 1.44 bits per heavy atom. The van der Waals surface area contributed by atoms with E-state index in [1.165, 1.54) is 0 Å². The van der Waals surface area contributed by atoms with Gasteiger partial charge in [-0.25, -0.2) is 0 Å². The number of carbonyl (C=O) groups is 1. The number of hydrogen-bond acceptors (Lipinski definition) is 3. The first-order valence-corrected chi connectivity index (χ1v) is 6.70. The molecule has 1 rings (SSSR count). The molecule has 1 N–H and O–H groups in total. The smallest absolute Gasteiger partial charge is 0.306 e. The Morgan fingerprint density at radius 2 is 2.00 bits per heavy atom. The lowest BCUT2D eigenvalue weighted by molar-refractivity contribution is -0.351. The van der Waals surface area contributed by atoms with E-state index >= 15 is 0 Å². The number of alkyl halides is 1. The molecule has 0 saturated carbocycles. The standard InChI is InChI=1S/C13H23ClO4/c1-11(2,3)13(7-10(15)16)6-9(8-14)17-12(4,5)18-13/h9H,6-8H2,1-5H3,(H,15,16)/t9-,13+/m0/s1. The Bertz CT molecular complexity index is 321. The lowest BCUT2D eigenvalue weighted by atomic mass is 9.70. The summed E-state index contributed by atoms with van der Waals surface area (Å²) in [5.74, 6) is -1.35. The zero-order valence-corrected chi connectivity index (χ0v) is 12.5. The summed E-state index contributed by atoms with van der Waals surface area (Å²) < 4.78 is 11.7. The molecule has 2 atom stereocenters. The molecule has 1 aliphatic heterocycles. The molecule has 0 radical (unpaired) electrons. The first-order chi connectivity index (χ1) is 8.01. The summed E-state index contributed by atoms with van der Waals surface area (Å²) in [5, 5.41) is 9.17. The molecule has 0 aliphatic carbocycles. The van der Waals surface area contributed by atoms with Crippen molar-refractivity contribution < 1.29 is 19.4 Å². The van der Waals surface area contributed by atoms with Gasteiger partial charge in [-0.3, -0.25) is 4.79 Å². The lowest BCUT2D eigenvalue weighted by Crippen LogP contribution is -2.59. The summed E-state index contributed by atoms with van der Waals surface area (Å²) in [4.78, 5) is 11.2. The lowest BCUT2D eigenvalue weighted by Gasteiger charge is -2.53. The molecular weight excluding hydrogens is 256 g/mol. The van der Waals surface area contributed by atoms with E-state index in [9.17, 15) is 4.79 Å². The molecule has 1 fully saturated rings. The van der Waals surface area contributed by atoms with Gasteiger partial charge in [0.1, 0.15) is 0 Å². The quantitative estimate of drug-likeness (QED) is 0.806. The molecule has 1 saturated heterocycles. The predicted molar refractivity (Wildman–Crippen MR) is 69.8 cm³/mol. The van der Waals surface area contributed by atoms with Crippen molar-refractivity contribution in [2.45, 2.75) is 65.0 Å².